The number of esters is 2. The van der Waals surface area contributed by atoms with Crippen molar-refractivity contribution in [1.82, 2.24) is 0 Å². The first kappa shape index (κ1) is 23.3. The molecule has 0 unspecified atom stereocenters. The van der Waals surface area contributed by atoms with E-state index in [1.165, 1.54) is 47.7 Å². The predicted molar refractivity (Wildman–Crippen MR) is 115 cm³/mol. The van der Waals surface area contributed by atoms with Crippen LogP contribution < -0.4 is 23.7 Å². The Bertz CT molecular complexity index is 966. The molecular formula is C23H24O8. The minimum atomic E-state index is -0.823. The predicted octanol–water partition coefficient (Wildman–Crippen LogP) is 3.53. The highest BCUT2D eigenvalue weighted by Gasteiger charge is 2.12. The van der Waals surface area contributed by atoms with E-state index in [-0.39, 0.29) is 0 Å². The number of hydrogen-bond donors (Lipinski definition) is 0. The van der Waals surface area contributed by atoms with Crippen LogP contribution >= 0.6 is 0 Å². The van der Waals surface area contributed by atoms with E-state index in [4.69, 9.17) is 28.4 Å². The highest BCUT2D eigenvalue weighted by Crippen LogP contribution is 2.38. The molecule has 0 heterocycles. The molecule has 31 heavy (non-hydrogen) atoms. The third-order valence-corrected chi connectivity index (χ3v) is 4.12. The molecule has 0 aliphatic heterocycles. The summed E-state index contributed by atoms with van der Waals surface area (Å²) in [5.41, 5.74) is 1.27. The van der Waals surface area contributed by atoms with Gasteiger partial charge in [0.15, 0.2) is 23.0 Å². The van der Waals surface area contributed by atoms with Gasteiger partial charge in [-0.2, -0.15) is 0 Å². The van der Waals surface area contributed by atoms with Crippen molar-refractivity contribution in [2.24, 2.45) is 0 Å². The molecule has 0 atom stereocenters. The average molecular weight is 428 g/mol. The summed E-state index contributed by atoms with van der Waals surface area (Å²) >= 11 is 0. The van der Waals surface area contributed by atoms with E-state index in [1.807, 2.05) is 0 Å². The molecule has 0 aromatic heterocycles. The van der Waals surface area contributed by atoms with Crippen molar-refractivity contribution in [2.75, 3.05) is 35.5 Å². The smallest absolute Gasteiger partial charge is 0.338 e. The summed E-state index contributed by atoms with van der Waals surface area (Å²) in [6.07, 6.45) is 5.24. The Morgan fingerprint density at radius 1 is 0.613 bits per heavy atom. The van der Waals surface area contributed by atoms with Crippen LogP contribution in [0.1, 0.15) is 11.1 Å². The fraction of sp³-hybridized carbons (Fsp3) is 0.217. The van der Waals surface area contributed by atoms with Crippen LogP contribution in [0.3, 0.4) is 0 Å². The highest BCUT2D eigenvalue weighted by atomic mass is 16.6. The van der Waals surface area contributed by atoms with Crippen molar-refractivity contribution in [3.05, 3.63) is 53.6 Å². The molecule has 0 fully saturated rings. The lowest BCUT2D eigenvalue weighted by molar-refractivity contribution is -0.152. The van der Waals surface area contributed by atoms with Gasteiger partial charge in [-0.3, -0.25) is 0 Å². The Labute approximate surface area is 180 Å². The lowest BCUT2D eigenvalue weighted by atomic mass is 10.1. The van der Waals surface area contributed by atoms with Crippen molar-refractivity contribution >= 4 is 24.1 Å². The van der Waals surface area contributed by atoms with Crippen LogP contribution in [0.5, 0.6) is 28.7 Å². The molecule has 2 aromatic carbocycles. The SMILES string of the molecule is COc1ccc(/C=C/C(=O)OC(=O)/C=C/c2cc(OC)c(OC)c(OC)c2)cc1OC. The number of rotatable bonds is 9. The molecule has 0 amide bonds. The average Bonchev–Trinajstić information content (AvgIpc) is 2.80. The van der Waals surface area contributed by atoms with Gasteiger partial charge in [0.25, 0.3) is 0 Å². The summed E-state index contributed by atoms with van der Waals surface area (Å²) < 4.78 is 30.9. The van der Waals surface area contributed by atoms with Crippen LogP contribution in [0.2, 0.25) is 0 Å². The topological polar surface area (TPSA) is 89.5 Å². The molecule has 8 nitrogen and oxygen atoms in total. The van der Waals surface area contributed by atoms with Gasteiger partial charge >= 0.3 is 11.9 Å². The summed E-state index contributed by atoms with van der Waals surface area (Å²) in [5, 5.41) is 0. The largest absolute Gasteiger partial charge is 0.493 e. The Balaban J connectivity index is 2.05. The molecule has 0 spiro atoms. The Morgan fingerprint density at radius 3 is 1.58 bits per heavy atom. The van der Waals surface area contributed by atoms with Crippen molar-refractivity contribution in [2.45, 2.75) is 0 Å². The zero-order chi connectivity index (χ0) is 22.8. The van der Waals surface area contributed by atoms with Crippen molar-refractivity contribution in [1.29, 1.82) is 0 Å². The highest BCUT2D eigenvalue weighted by molar-refractivity contribution is 6.00. The first-order valence-electron chi connectivity index (χ1n) is 9.09. The van der Waals surface area contributed by atoms with Crippen LogP contribution in [-0.2, 0) is 14.3 Å². The van der Waals surface area contributed by atoms with Crippen LogP contribution in [0.25, 0.3) is 12.2 Å². The van der Waals surface area contributed by atoms with Gasteiger partial charge < -0.3 is 28.4 Å². The molecule has 0 saturated heterocycles. The number of carbonyl (C=O) groups excluding carboxylic acids is 2. The van der Waals surface area contributed by atoms with Crippen LogP contribution in [-0.4, -0.2) is 47.5 Å². The zero-order valence-electron chi connectivity index (χ0n) is 18.0. The van der Waals surface area contributed by atoms with Gasteiger partial charge in [-0.25, -0.2) is 9.59 Å². The fourth-order valence-electron chi connectivity index (χ4n) is 2.65. The van der Waals surface area contributed by atoms with E-state index in [0.717, 1.165) is 12.2 Å². The van der Waals surface area contributed by atoms with E-state index in [1.54, 1.807) is 30.3 Å². The molecule has 0 N–H and O–H groups in total. The second kappa shape index (κ2) is 11.3. The lowest BCUT2D eigenvalue weighted by Gasteiger charge is -2.12. The minimum Gasteiger partial charge on any atom is -0.493 e. The van der Waals surface area contributed by atoms with Crippen molar-refractivity contribution in [3.8, 4) is 28.7 Å². The van der Waals surface area contributed by atoms with Gasteiger partial charge in [-0.05, 0) is 47.5 Å². The lowest BCUT2D eigenvalue weighted by Crippen LogP contribution is -2.06. The van der Waals surface area contributed by atoms with Gasteiger partial charge in [0.2, 0.25) is 5.75 Å². The number of hydrogen-bond acceptors (Lipinski definition) is 8. The molecule has 2 aromatic rings. The third kappa shape index (κ3) is 6.27. The number of carbonyl (C=O) groups is 2. The second-order valence-corrected chi connectivity index (χ2v) is 5.98. The number of methoxy groups -OCH3 is 5. The molecule has 0 bridgehead atoms. The van der Waals surface area contributed by atoms with Gasteiger partial charge in [0.05, 0.1) is 35.5 Å². The molecule has 0 aliphatic rings. The van der Waals surface area contributed by atoms with Gasteiger partial charge in [0.1, 0.15) is 0 Å². The standard InChI is InChI=1S/C23H24O8/c1-26-17-9-6-15(12-18(17)27-2)7-10-21(24)31-22(25)11-8-16-13-19(28-3)23(30-5)20(14-16)29-4/h6-14H,1-5H3/b10-7+,11-8+. The Morgan fingerprint density at radius 2 is 1.10 bits per heavy atom. The fourth-order valence-corrected chi connectivity index (χ4v) is 2.65. The molecule has 0 radical (unpaired) electrons. The van der Waals surface area contributed by atoms with Crippen LogP contribution in [0.4, 0.5) is 0 Å². The maximum absolute atomic E-state index is 12.0. The number of benzene rings is 2. The third-order valence-electron chi connectivity index (χ3n) is 4.12. The maximum atomic E-state index is 12.0. The normalized spacial score (nSPS) is 10.7. The molecular weight excluding hydrogens is 404 g/mol. The van der Waals surface area contributed by atoms with E-state index < -0.39 is 11.9 Å². The first-order valence-corrected chi connectivity index (χ1v) is 9.09. The second-order valence-electron chi connectivity index (χ2n) is 5.98. The Hall–Kier alpha value is -3.94. The summed E-state index contributed by atoms with van der Waals surface area (Å²) in [5.74, 6) is 0.745. The summed E-state index contributed by atoms with van der Waals surface area (Å²) in [6, 6.07) is 8.44. The minimum absolute atomic E-state index is 0.431. The monoisotopic (exact) mass is 428 g/mol. The molecule has 0 saturated carbocycles. The van der Waals surface area contributed by atoms with Gasteiger partial charge in [0, 0.05) is 12.2 Å². The van der Waals surface area contributed by atoms with E-state index in [0.29, 0.717) is 39.9 Å². The van der Waals surface area contributed by atoms with Gasteiger partial charge in [-0.15, -0.1) is 0 Å². The number of ether oxygens (including phenoxy) is 6. The summed E-state index contributed by atoms with van der Waals surface area (Å²) in [7, 11) is 7.51. The Kier molecular flexibility index (Phi) is 8.51. The quantitative estimate of drug-likeness (QED) is 0.340. The van der Waals surface area contributed by atoms with E-state index in [9.17, 15) is 9.59 Å². The first-order chi connectivity index (χ1) is 14.9. The van der Waals surface area contributed by atoms with E-state index >= 15 is 0 Å². The summed E-state index contributed by atoms with van der Waals surface area (Å²) in [6.45, 7) is 0. The zero-order valence-corrected chi connectivity index (χ0v) is 18.0. The van der Waals surface area contributed by atoms with Crippen molar-refractivity contribution < 1.29 is 38.0 Å². The molecule has 0 aliphatic carbocycles. The van der Waals surface area contributed by atoms with Crippen LogP contribution in [0, 0.1) is 0 Å². The molecule has 8 heteroatoms. The molecule has 164 valence electrons. The molecule has 2 rings (SSSR count). The maximum Gasteiger partial charge on any atom is 0.338 e. The van der Waals surface area contributed by atoms with Crippen LogP contribution in [0.15, 0.2) is 42.5 Å². The van der Waals surface area contributed by atoms with Crippen molar-refractivity contribution in [3.63, 3.8) is 0 Å². The summed E-state index contributed by atoms with van der Waals surface area (Å²) in [4.78, 5) is 23.9. The van der Waals surface area contributed by atoms with Gasteiger partial charge in [-0.1, -0.05) is 6.07 Å². The van der Waals surface area contributed by atoms with E-state index in [2.05, 4.69) is 0 Å².